The average Bonchev–Trinajstić information content (AvgIpc) is 2.22. The molecule has 0 heterocycles. The molecule has 0 spiro atoms. The van der Waals surface area contributed by atoms with Gasteiger partial charge in [-0.05, 0) is 30.9 Å². The summed E-state index contributed by atoms with van der Waals surface area (Å²) in [5.41, 5.74) is -0.0169. The molecule has 0 bridgehead atoms. The first-order chi connectivity index (χ1) is 8.11. The number of anilines is 1. The summed E-state index contributed by atoms with van der Waals surface area (Å²) < 4.78 is 27.4. The van der Waals surface area contributed by atoms with Gasteiger partial charge in [0.15, 0.2) is 11.6 Å². The summed E-state index contributed by atoms with van der Waals surface area (Å²) in [6.07, 6.45) is 3.46. The van der Waals surface area contributed by atoms with E-state index in [-0.39, 0.29) is 11.3 Å². The summed E-state index contributed by atoms with van der Waals surface area (Å²) in [6.45, 7) is 0.666. The van der Waals surface area contributed by atoms with Crippen LogP contribution >= 0.6 is 0 Å². The first-order valence-corrected chi connectivity index (χ1v) is 5.72. The van der Waals surface area contributed by atoms with Gasteiger partial charge in [-0.2, -0.15) is 5.26 Å². The van der Waals surface area contributed by atoms with Crippen LogP contribution in [-0.2, 0) is 0 Å². The average molecular weight is 236 g/mol. The third-order valence-electron chi connectivity index (χ3n) is 3.28. The van der Waals surface area contributed by atoms with E-state index in [1.54, 1.807) is 18.0 Å². The van der Waals surface area contributed by atoms with E-state index in [0.717, 1.165) is 25.0 Å². The maximum atomic E-state index is 13.7. The summed E-state index contributed by atoms with van der Waals surface area (Å²) in [6, 6.07) is 3.90. The van der Waals surface area contributed by atoms with E-state index in [1.165, 1.54) is 6.42 Å². The van der Waals surface area contributed by atoms with Crippen LogP contribution in [0.2, 0.25) is 0 Å². The third-order valence-corrected chi connectivity index (χ3v) is 3.28. The second-order valence-electron chi connectivity index (χ2n) is 4.58. The van der Waals surface area contributed by atoms with Gasteiger partial charge in [0, 0.05) is 13.6 Å². The van der Waals surface area contributed by atoms with E-state index in [2.05, 4.69) is 0 Å². The van der Waals surface area contributed by atoms with Gasteiger partial charge in [0.25, 0.3) is 0 Å². The van der Waals surface area contributed by atoms with Crippen molar-refractivity contribution < 1.29 is 8.78 Å². The van der Waals surface area contributed by atoms with Gasteiger partial charge in [0.1, 0.15) is 5.69 Å². The fourth-order valence-corrected chi connectivity index (χ4v) is 2.15. The quantitative estimate of drug-likeness (QED) is 0.806. The molecule has 0 N–H and O–H groups in total. The second-order valence-corrected chi connectivity index (χ2v) is 4.58. The van der Waals surface area contributed by atoms with Crippen LogP contribution in [-0.4, -0.2) is 13.6 Å². The minimum Gasteiger partial charge on any atom is -0.370 e. The summed E-state index contributed by atoms with van der Waals surface area (Å²) >= 11 is 0. The molecule has 0 aromatic heterocycles. The normalized spacial score (nSPS) is 15.2. The summed E-state index contributed by atoms with van der Waals surface area (Å²) in [7, 11) is 1.69. The van der Waals surface area contributed by atoms with Crippen molar-refractivity contribution in [2.75, 3.05) is 18.5 Å². The Morgan fingerprint density at radius 2 is 1.94 bits per heavy atom. The Balaban J connectivity index is 2.22. The maximum absolute atomic E-state index is 13.7. The molecule has 0 saturated heterocycles. The highest BCUT2D eigenvalue weighted by atomic mass is 19.1. The first-order valence-electron chi connectivity index (χ1n) is 5.72. The van der Waals surface area contributed by atoms with Gasteiger partial charge in [-0.15, -0.1) is 0 Å². The van der Waals surface area contributed by atoms with Gasteiger partial charge < -0.3 is 4.90 Å². The van der Waals surface area contributed by atoms with Crippen LogP contribution in [0.25, 0.3) is 0 Å². The molecule has 1 aromatic carbocycles. The van der Waals surface area contributed by atoms with Crippen molar-refractivity contribution in [3.63, 3.8) is 0 Å². The Morgan fingerprint density at radius 3 is 2.35 bits per heavy atom. The highest BCUT2D eigenvalue weighted by molar-refractivity contribution is 5.52. The van der Waals surface area contributed by atoms with Crippen molar-refractivity contribution >= 4 is 5.69 Å². The number of hydrogen-bond acceptors (Lipinski definition) is 2. The minimum absolute atomic E-state index is 0.0146. The van der Waals surface area contributed by atoms with E-state index in [4.69, 9.17) is 5.26 Å². The van der Waals surface area contributed by atoms with Gasteiger partial charge in [0.05, 0.1) is 11.6 Å². The van der Waals surface area contributed by atoms with Crippen molar-refractivity contribution in [1.82, 2.24) is 0 Å². The van der Waals surface area contributed by atoms with Crippen LogP contribution in [0.4, 0.5) is 14.5 Å². The zero-order valence-electron chi connectivity index (χ0n) is 9.71. The standard InChI is InChI=1S/C13H14F2N2/c1-17(8-9-3-2-4-9)13-11(14)5-10(7-16)6-12(13)15/h5-6,9H,2-4,8H2,1H3. The largest absolute Gasteiger partial charge is 0.370 e. The lowest BCUT2D eigenvalue weighted by atomic mass is 9.85. The van der Waals surface area contributed by atoms with Crippen LogP contribution in [0.1, 0.15) is 24.8 Å². The molecule has 0 radical (unpaired) electrons. The smallest absolute Gasteiger partial charge is 0.150 e. The van der Waals surface area contributed by atoms with Crippen LogP contribution in [0.15, 0.2) is 12.1 Å². The number of rotatable bonds is 3. The lowest BCUT2D eigenvalue weighted by molar-refractivity contribution is 0.320. The SMILES string of the molecule is CN(CC1CCC1)c1c(F)cc(C#N)cc1F. The van der Waals surface area contributed by atoms with E-state index in [9.17, 15) is 8.78 Å². The van der Waals surface area contributed by atoms with Crippen molar-refractivity contribution in [3.05, 3.63) is 29.3 Å². The molecule has 0 aliphatic heterocycles. The van der Waals surface area contributed by atoms with Crippen LogP contribution in [0.3, 0.4) is 0 Å². The predicted molar refractivity (Wildman–Crippen MR) is 61.7 cm³/mol. The van der Waals surface area contributed by atoms with Crippen LogP contribution < -0.4 is 4.90 Å². The van der Waals surface area contributed by atoms with Gasteiger partial charge in [0.2, 0.25) is 0 Å². The van der Waals surface area contributed by atoms with Crippen LogP contribution in [0, 0.1) is 28.9 Å². The van der Waals surface area contributed by atoms with Gasteiger partial charge in [-0.25, -0.2) is 8.78 Å². The number of halogens is 2. The molecule has 2 nitrogen and oxygen atoms in total. The number of nitriles is 1. The molecular formula is C13H14F2N2. The molecule has 1 aromatic rings. The number of nitrogens with zero attached hydrogens (tertiary/aromatic N) is 2. The summed E-state index contributed by atoms with van der Waals surface area (Å²) in [4.78, 5) is 1.61. The Kier molecular flexibility index (Phi) is 3.28. The fourth-order valence-electron chi connectivity index (χ4n) is 2.15. The molecule has 1 saturated carbocycles. The van der Waals surface area contributed by atoms with E-state index >= 15 is 0 Å². The zero-order valence-corrected chi connectivity index (χ0v) is 9.71. The highest BCUT2D eigenvalue weighted by Gasteiger charge is 2.22. The number of benzene rings is 1. The molecule has 4 heteroatoms. The molecule has 17 heavy (non-hydrogen) atoms. The lowest BCUT2D eigenvalue weighted by Gasteiger charge is -2.31. The van der Waals surface area contributed by atoms with Crippen LogP contribution in [0.5, 0.6) is 0 Å². The Bertz CT molecular complexity index is 438. The molecule has 90 valence electrons. The van der Waals surface area contributed by atoms with Crippen molar-refractivity contribution in [2.24, 2.45) is 5.92 Å². The van der Waals surface area contributed by atoms with Gasteiger partial charge >= 0.3 is 0 Å². The highest BCUT2D eigenvalue weighted by Crippen LogP contribution is 2.30. The van der Waals surface area contributed by atoms with E-state index in [0.29, 0.717) is 12.5 Å². The number of hydrogen-bond donors (Lipinski definition) is 0. The third kappa shape index (κ3) is 2.38. The van der Waals surface area contributed by atoms with Crippen molar-refractivity contribution in [1.29, 1.82) is 5.26 Å². The summed E-state index contributed by atoms with van der Waals surface area (Å²) in [5, 5.41) is 8.61. The van der Waals surface area contributed by atoms with Gasteiger partial charge in [-0.1, -0.05) is 6.42 Å². The summed E-state index contributed by atoms with van der Waals surface area (Å²) in [5.74, 6) is -0.791. The second kappa shape index (κ2) is 4.70. The maximum Gasteiger partial charge on any atom is 0.150 e. The van der Waals surface area contributed by atoms with E-state index in [1.807, 2.05) is 0 Å². The molecule has 2 rings (SSSR count). The molecule has 0 unspecified atom stereocenters. The Labute approximate surface area is 99.5 Å². The molecular weight excluding hydrogens is 222 g/mol. The van der Waals surface area contributed by atoms with Gasteiger partial charge in [-0.3, -0.25) is 0 Å². The molecule has 1 aliphatic rings. The Hall–Kier alpha value is -1.63. The predicted octanol–water partition coefficient (Wildman–Crippen LogP) is 3.07. The molecule has 1 fully saturated rings. The fraction of sp³-hybridized carbons (Fsp3) is 0.462. The lowest BCUT2D eigenvalue weighted by Crippen LogP contribution is -2.30. The molecule has 1 aliphatic carbocycles. The molecule has 0 amide bonds. The first kappa shape index (κ1) is 11.8. The minimum atomic E-state index is -0.664. The monoisotopic (exact) mass is 236 g/mol. The van der Waals surface area contributed by atoms with Crippen molar-refractivity contribution in [2.45, 2.75) is 19.3 Å². The molecule has 0 atom stereocenters. The van der Waals surface area contributed by atoms with E-state index < -0.39 is 11.6 Å². The zero-order chi connectivity index (χ0) is 12.4. The van der Waals surface area contributed by atoms with Crippen molar-refractivity contribution in [3.8, 4) is 6.07 Å². The Morgan fingerprint density at radius 1 is 1.35 bits per heavy atom. The topological polar surface area (TPSA) is 27.0 Å².